The molecule has 190 valence electrons. The number of carbonyl (C=O) groups excluding carboxylic acids is 1. The van der Waals surface area contributed by atoms with Crippen molar-refractivity contribution in [3.63, 3.8) is 0 Å². The van der Waals surface area contributed by atoms with Gasteiger partial charge >= 0.3 is 6.09 Å². The van der Waals surface area contributed by atoms with E-state index in [1.807, 2.05) is 31.2 Å². The van der Waals surface area contributed by atoms with E-state index in [1.165, 1.54) is 0 Å². The van der Waals surface area contributed by atoms with Crippen LogP contribution in [0.4, 0.5) is 4.79 Å². The molecular weight excluding hydrogens is 470 g/mol. The van der Waals surface area contributed by atoms with Gasteiger partial charge in [0.25, 0.3) is 5.56 Å². The van der Waals surface area contributed by atoms with Gasteiger partial charge in [-0.25, -0.2) is 9.78 Å². The first-order chi connectivity index (χ1) is 17.9. The third-order valence-electron chi connectivity index (χ3n) is 7.91. The molecule has 2 aliphatic heterocycles. The average Bonchev–Trinajstić information content (AvgIpc) is 3.25. The molecule has 1 aromatic heterocycles. The summed E-state index contributed by atoms with van der Waals surface area (Å²) in [6.07, 6.45) is 2.84. The molecule has 0 bridgehead atoms. The summed E-state index contributed by atoms with van der Waals surface area (Å²) >= 11 is 0. The van der Waals surface area contributed by atoms with Crippen molar-refractivity contribution in [2.24, 2.45) is 5.73 Å². The van der Waals surface area contributed by atoms with E-state index in [-0.39, 0.29) is 35.8 Å². The lowest BCUT2D eigenvalue weighted by Crippen LogP contribution is -2.44. The summed E-state index contributed by atoms with van der Waals surface area (Å²) in [6, 6.07) is 13.4. The highest BCUT2D eigenvalue weighted by Crippen LogP contribution is 2.42. The zero-order valence-electron chi connectivity index (χ0n) is 20.7. The summed E-state index contributed by atoms with van der Waals surface area (Å²) in [6.45, 7) is 3.20. The number of ether oxygens (including phenoxy) is 2. The number of aryl methyl sites for hydroxylation is 1. The lowest BCUT2D eigenvalue weighted by molar-refractivity contribution is 0.0920. The van der Waals surface area contributed by atoms with Gasteiger partial charge in [0.1, 0.15) is 24.3 Å². The summed E-state index contributed by atoms with van der Waals surface area (Å²) in [7, 11) is 0. The maximum atomic E-state index is 13.7. The number of amides is 1. The Morgan fingerprint density at radius 3 is 2.70 bits per heavy atom. The number of hydrogen-bond acceptors (Lipinski definition) is 7. The van der Waals surface area contributed by atoms with Gasteiger partial charge in [-0.2, -0.15) is 5.26 Å². The fourth-order valence-corrected chi connectivity index (χ4v) is 5.72. The number of nitrogens with zero attached hydrogens (tertiary/aromatic N) is 4. The Kier molecular flexibility index (Phi) is 5.84. The normalized spacial score (nSPS) is 24.8. The molecule has 3 aliphatic rings. The number of cyclic esters (lactones) is 1. The van der Waals surface area contributed by atoms with Gasteiger partial charge in [-0.1, -0.05) is 12.1 Å². The first kappa shape index (κ1) is 23.5. The van der Waals surface area contributed by atoms with Crippen LogP contribution in [-0.2, 0) is 11.3 Å². The molecule has 0 radical (unpaired) electrons. The monoisotopic (exact) mass is 499 g/mol. The fraction of sp³-hybridized carbons (Fsp3) is 0.429. The molecule has 3 heterocycles. The molecular formula is C28H29N5O4. The highest BCUT2D eigenvalue weighted by molar-refractivity contribution is 5.81. The molecule has 3 fully saturated rings. The average molecular weight is 500 g/mol. The lowest BCUT2D eigenvalue weighted by atomic mass is 9.76. The Morgan fingerprint density at radius 2 is 1.97 bits per heavy atom. The topological polar surface area (TPSA) is 123 Å². The Hall–Kier alpha value is -3.90. The van der Waals surface area contributed by atoms with Crippen LogP contribution in [0.15, 0.2) is 41.2 Å². The van der Waals surface area contributed by atoms with E-state index >= 15 is 0 Å². The number of carbonyl (C=O) groups is 1. The van der Waals surface area contributed by atoms with Gasteiger partial charge in [-0.15, -0.1) is 0 Å². The van der Waals surface area contributed by atoms with Crippen LogP contribution in [0.2, 0.25) is 0 Å². The molecule has 0 spiro atoms. The number of aromatic nitrogens is 2. The van der Waals surface area contributed by atoms with E-state index in [0.717, 1.165) is 24.0 Å². The van der Waals surface area contributed by atoms with Crippen molar-refractivity contribution in [2.45, 2.75) is 63.3 Å². The third-order valence-corrected chi connectivity index (χ3v) is 7.91. The SMILES string of the molecule is Cc1nc2cc(C3CC(N)C3)c(O[C@H]3CCN4C(=O)OC[C@@H]4C3)cc2c(=O)n1Cc1ccc(C#N)cc1. The van der Waals surface area contributed by atoms with Gasteiger partial charge in [-0.3, -0.25) is 9.36 Å². The Labute approximate surface area is 214 Å². The molecule has 2 aromatic carbocycles. The molecule has 37 heavy (non-hydrogen) atoms. The van der Waals surface area contributed by atoms with Crippen molar-refractivity contribution in [3.8, 4) is 11.8 Å². The lowest BCUT2D eigenvalue weighted by Gasteiger charge is -2.36. The van der Waals surface area contributed by atoms with Gasteiger partial charge in [0.05, 0.1) is 35.1 Å². The number of rotatable bonds is 5. The molecule has 3 aromatic rings. The second-order valence-electron chi connectivity index (χ2n) is 10.4. The minimum absolute atomic E-state index is 0.0289. The van der Waals surface area contributed by atoms with Crippen LogP contribution in [0.5, 0.6) is 5.75 Å². The molecule has 1 aliphatic carbocycles. The van der Waals surface area contributed by atoms with Crippen LogP contribution in [0, 0.1) is 18.3 Å². The van der Waals surface area contributed by atoms with E-state index in [9.17, 15) is 9.59 Å². The predicted molar refractivity (Wildman–Crippen MR) is 136 cm³/mol. The number of hydrogen-bond donors (Lipinski definition) is 1. The molecule has 6 rings (SSSR count). The van der Waals surface area contributed by atoms with E-state index in [0.29, 0.717) is 60.6 Å². The zero-order valence-corrected chi connectivity index (χ0v) is 20.7. The van der Waals surface area contributed by atoms with Crippen LogP contribution in [0.3, 0.4) is 0 Å². The molecule has 1 saturated carbocycles. The fourth-order valence-electron chi connectivity index (χ4n) is 5.72. The van der Waals surface area contributed by atoms with Crippen molar-refractivity contribution in [2.75, 3.05) is 13.2 Å². The van der Waals surface area contributed by atoms with E-state index in [1.54, 1.807) is 21.6 Å². The number of fused-ring (bicyclic) bond motifs is 2. The van der Waals surface area contributed by atoms with Crippen molar-refractivity contribution >= 4 is 17.0 Å². The molecule has 0 unspecified atom stereocenters. The van der Waals surface area contributed by atoms with Crippen molar-refractivity contribution < 1.29 is 14.3 Å². The Morgan fingerprint density at radius 1 is 1.19 bits per heavy atom. The number of nitrogens with two attached hydrogens (primary N) is 1. The van der Waals surface area contributed by atoms with Crippen LogP contribution in [0.1, 0.15) is 54.1 Å². The summed E-state index contributed by atoms with van der Waals surface area (Å²) in [5.41, 5.74) is 9.18. The van der Waals surface area contributed by atoms with Gasteiger partial charge in [0.2, 0.25) is 0 Å². The summed E-state index contributed by atoms with van der Waals surface area (Å²) < 4.78 is 13.4. The molecule has 9 heteroatoms. The second-order valence-corrected chi connectivity index (χ2v) is 10.4. The molecule has 9 nitrogen and oxygen atoms in total. The number of piperidine rings is 1. The third kappa shape index (κ3) is 4.31. The van der Waals surface area contributed by atoms with Crippen LogP contribution in [0.25, 0.3) is 10.9 Å². The van der Waals surface area contributed by atoms with Gasteiger partial charge < -0.3 is 20.1 Å². The standard InChI is InChI=1S/C28H29N5O4/c1-16-31-25-11-23(19-8-20(30)9-19)26(37-22-6-7-32-21(10-22)15-36-28(32)35)12-24(25)27(34)33(16)14-18-4-2-17(13-29)3-5-18/h2-5,11-12,19-22H,6-10,14-15,30H2,1H3/t19?,20?,21-,22-/m0/s1. The number of benzene rings is 2. The van der Waals surface area contributed by atoms with Crippen LogP contribution >= 0.6 is 0 Å². The van der Waals surface area contributed by atoms with Crippen molar-refractivity contribution in [1.82, 2.24) is 14.5 Å². The predicted octanol–water partition coefficient (Wildman–Crippen LogP) is 3.19. The zero-order chi connectivity index (χ0) is 25.7. The first-order valence-electron chi connectivity index (χ1n) is 12.8. The van der Waals surface area contributed by atoms with Crippen LogP contribution < -0.4 is 16.0 Å². The molecule has 2 saturated heterocycles. The van der Waals surface area contributed by atoms with E-state index in [2.05, 4.69) is 6.07 Å². The van der Waals surface area contributed by atoms with Gasteiger partial charge in [0, 0.05) is 25.4 Å². The van der Waals surface area contributed by atoms with Gasteiger partial charge in [-0.05, 0) is 61.1 Å². The van der Waals surface area contributed by atoms with Gasteiger partial charge in [0.15, 0.2) is 0 Å². The highest BCUT2D eigenvalue weighted by Gasteiger charge is 2.39. The summed E-state index contributed by atoms with van der Waals surface area (Å²) in [5, 5.41) is 9.58. The maximum absolute atomic E-state index is 13.7. The van der Waals surface area contributed by atoms with Crippen molar-refractivity contribution in [3.05, 3.63) is 69.3 Å². The Bertz CT molecular complexity index is 1470. The minimum atomic E-state index is -0.248. The summed E-state index contributed by atoms with van der Waals surface area (Å²) in [5.74, 6) is 1.61. The molecule has 2 N–H and O–H groups in total. The van der Waals surface area contributed by atoms with E-state index in [4.69, 9.17) is 25.5 Å². The summed E-state index contributed by atoms with van der Waals surface area (Å²) in [4.78, 5) is 32.1. The van der Waals surface area contributed by atoms with E-state index < -0.39 is 0 Å². The second kappa shape index (κ2) is 9.20. The first-order valence-corrected chi connectivity index (χ1v) is 12.8. The smallest absolute Gasteiger partial charge is 0.410 e. The molecule has 2 atom stereocenters. The Balaban J connectivity index is 1.35. The van der Waals surface area contributed by atoms with Crippen molar-refractivity contribution in [1.29, 1.82) is 5.26 Å². The minimum Gasteiger partial charge on any atom is -0.490 e. The highest BCUT2D eigenvalue weighted by atomic mass is 16.6. The van der Waals surface area contributed by atoms with Crippen LogP contribution in [-0.4, -0.2) is 51.9 Å². The largest absolute Gasteiger partial charge is 0.490 e. The molecule has 1 amide bonds. The quantitative estimate of drug-likeness (QED) is 0.572. The number of nitriles is 1. The maximum Gasteiger partial charge on any atom is 0.410 e.